The maximum atomic E-state index is 13.5. The summed E-state index contributed by atoms with van der Waals surface area (Å²) in [6.45, 7) is 0. The number of hydrogen-bond donors (Lipinski definition) is 1. The lowest BCUT2D eigenvalue weighted by Crippen LogP contribution is -2.45. The Morgan fingerprint density at radius 2 is 1.44 bits per heavy atom. The van der Waals surface area contributed by atoms with Crippen molar-refractivity contribution in [1.29, 1.82) is 0 Å². The van der Waals surface area contributed by atoms with Crippen molar-refractivity contribution in [2.24, 2.45) is 4.99 Å². The Kier molecular flexibility index (Phi) is 6.03. The number of aromatic hydroxyl groups is 1. The van der Waals surface area contributed by atoms with Gasteiger partial charge in [-0.25, -0.2) is 4.79 Å². The molecule has 6 heteroatoms. The van der Waals surface area contributed by atoms with Gasteiger partial charge in [0.1, 0.15) is 5.56 Å². The Labute approximate surface area is 188 Å². The fraction of sp³-hybridized carbons (Fsp3) is 0.577. The molecule has 0 atom stereocenters. The molecule has 3 aliphatic carbocycles. The number of nitrogens with zero attached hydrogens (tertiary/aromatic N) is 3. The fourth-order valence-electron chi connectivity index (χ4n) is 5.87. The van der Waals surface area contributed by atoms with Gasteiger partial charge in [-0.3, -0.25) is 18.9 Å². The van der Waals surface area contributed by atoms with E-state index in [0.29, 0.717) is 0 Å². The fourth-order valence-corrected chi connectivity index (χ4v) is 5.87. The van der Waals surface area contributed by atoms with E-state index in [4.69, 9.17) is 0 Å². The predicted octanol–water partition coefficient (Wildman–Crippen LogP) is 4.97. The number of rotatable bonds is 4. The summed E-state index contributed by atoms with van der Waals surface area (Å²) < 4.78 is 2.93. The summed E-state index contributed by atoms with van der Waals surface area (Å²) >= 11 is 0. The molecule has 1 heterocycles. The highest BCUT2D eigenvalue weighted by molar-refractivity contribution is 5.84. The van der Waals surface area contributed by atoms with E-state index < -0.39 is 5.56 Å². The van der Waals surface area contributed by atoms with Crippen molar-refractivity contribution in [3.05, 3.63) is 55.7 Å². The minimum atomic E-state index is -0.406. The molecule has 0 unspecified atom stereocenters. The molecule has 1 aromatic heterocycles. The second-order valence-electron chi connectivity index (χ2n) is 9.71. The number of aromatic nitrogens is 2. The van der Waals surface area contributed by atoms with E-state index >= 15 is 0 Å². The van der Waals surface area contributed by atoms with Crippen LogP contribution in [0.4, 0.5) is 5.69 Å². The molecule has 0 amide bonds. The van der Waals surface area contributed by atoms with Crippen LogP contribution in [-0.4, -0.2) is 20.5 Å². The minimum Gasteiger partial charge on any atom is -0.494 e. The van der Waals surface area contributed by atoms with Gasteiger partial charge in [0.05, 0.1) is 5.69 Å². The normalized spacial score (nSPS) is 20.1. The molecule has 2 fully saturated rings. The first kappa shape index (κ1) is 21.2. The Bertz CT molecular complexity index is 1130. The maximum absolute atomic E-state index is 13.5. The number of aliphatic imine (C=N–C) groups is 1. The first-order valence-corrected chi connectivity index (χ1v) is 12.4. The average molecular weight is 436 g/mol. The molecule has 5 rings (SSSR count). The summed E-state index contributed by atoms with van der Waals surface area (Å²) in [6.07, 6.45) is 14.6. The predicted molar refractivity (Wildman–Crippen MR) is 127 cm³/mol. The third-order valence-electron chi connectivity index (χ3n) is 7.63. The van der Waals surface area contributed by atoms with E-state index in [1.54, 1.807) is 0 Å². The van der Waals surface area contributed by atoms with Crippen LogP contribution in [0.2, 0.25) is 0 Å². The van der Waals surface area contributed by atoms with Crippen molar-refractivity contribution in [2.45, 2.75) is 95.6 Å². The van der Waals surface area contributed by atoms with Gasteiger partial charge in [0.2, 0.25) is 5.88 Å². The topological polar surface area (TPSA) is 76.6 Å². The Morgan fingerprint density at radius 1 is 0.812 bits per heavy atom. The molecule has 32 heavy (non-hydrogen) atoms. The molecule has 3 aliphatic rings. The van der Waals surface area contributed by atoms with E-state index in [9.17, 15) is 14.7 Å². The van der Waals surface area contributed by atoms with Gasteiger partial charge < -0.3 is 5.11 Å². The number of hydrogen-bond acceptors (Lipinski definition) is 4. The summed E-state index contributed by atoms with van der Waals surface area (Å²) in [5, 5.41) is 11.1. The molecule has 2 aromatic rings. The molecule has 0 radical (unpaired) electrons. The summed E-state index contributed by atoms with van der Waals surface area (Å²) in [5.41, 5.74) is 2.86. The molecule has 0 spiro atoms. The SMILES string of the molecule is O=c1c(C=Nc2ccc3c(c2)CCC3)c(O)n(C2CCCCC2)c(=O)n1C1CCCCC1. The number of benzene rings is 1. The first-order valence-electron chi connectivity index (χ1n) is 12.4. The van der Waals surface area contributed by atoms with Crippen molar-refractivity contribution in [3.8, 4) is 5.88 Å². The van der Waals surface area contributed by atoms with Gasteiger partial charge >= 0.3 is 5.69 Å². The highest BCUT2D eigenvalue weighted by Crippen LogP contribution is 2.32. The van der Waals surface area contributed by atoms with Crippen molar-refractivity contribution < 1.29 is 5.11 Å². The van der Waals surface area contributed by atoms with Crippen LogP contribution in [0.25, 0.3) is 0 Å². The minimum absolute atomic E-state index is 0.0566. The molecule has 1 aromatic carbocycles. The summed E-state index contributed by atoms with van der Waals surface area (Å²) in [4.78, 5) is 31.5. The quantitative estimate of drug-likeness (QED) is 0.689. The molecular formula is C26H33N3O3. The standard InChI is InChI=1S/C26H33N3O3/c30-24-23(17-27-20-15-14-18-8-7-9-19(18)16-20)25(31)29(22-12-5-2-6-13-22)26(32)28(24)21-10-3-1-4-11-21/h14-17,21-22,30H,1-13H2. The highest BCUT2D eigenvalue weighted by Gasteiger charge is 2.28. The third-order valence-corrected chi connectivity index (χ3v) is 7.63. The van der Waals surface area contributed by atoms with Gasteiger partial charge in [0, 0.05) is 18.3 Å². The molecule has 0 bridgehead atoms. The van der Waals surface area contributed by atoms with Crippen LogP contribution in [0.5, 0.6) is 5.88 Å². The average Bonchev–Trinajstić information content (AvgIpc) is 3.28. The Balaban J connectivity index is 1.60. The summed E-state index contributed by atoms with van der Waals surface area (Å²) in [7, 11) is 0. The van der Waals surface area contributed by atoms with E-state index in [-0.39, 0.29) is 29.2 Å². The lowest BCUT2D eigenvalue weighted by atomic mass is 9.94. The molecular weight excluding hydrogens is 402 g/mol. The molecule has 6 nitrogen and oxygen atoms in total. The highest BCUT2D eigenvalue weighted by atomic mass is 16.3. The smallest absolute Gasteiger partial charge is 0.334 e. The largest absolute Gasteiger partial charge is 0.494 e. The number of fused-ring (bicyclic) bond motifs is 1. The van der Waals surface area contributed by atoms with Crippen LogP contribution in [0.15, 0.2) is 32.8 Å². The van der Waals surface area contributed by atoms with Gasteiger partial charge in [-0.2, -0.15) is 0 Å². The molecule has 2 saturated carbocycles. The van der Waals surface area contributed by atoms with E-state index in [1.807, 2.05) is 6.07 Å². The van der Waals surface area contributed by atoms with Crippen molar-refractivity contribution in [3.63, 3.8) is 0 Å². The van der Waals surface area contributed by atoms with Crippen LogP contribution in [-0.2, 0) is 12.8 Å². The zero-order valence-electron chi connectivity index (χ0n) is 18.8. The van der Waals surface area contributed by atoms with Crippen molar-refractivity contribution in [1.82, 2.24) is 9.13 Å². The van der Waals surface area contributed by atoms with E-state index in [2.05, 4.69) is 17.1 Å². The van der Waals surface area contributed by atoms with Gasteiger partial charge in [0.15, 0.2) is 0 Å². The Morgan fingerprint density at radius 3 is 2.12 bits per heavy atom. The van der Waals surface area contributed by atoms with Crippen LogP contribution in [0, 0.1) is 0 Å². The van der Waals surface area contributed by atoms with E-state index in [0.717, 1.165) is 82.7 Å². The first-order chi connectivity index (χ1) is 15.6. The summed E-state index contributed by atoms with van der Waals surface area (Å²) in [5.74, 6) is -0.219. The van der Waals surface area contributed by atoms with Gasteiger partial charge in [-0.15, -0.1) is 0 Å². The summed E-state index contributed by atoms with van der Waals surface area (Å²) in [6, 6.07) is 6.00. The molecule has 170 valence electrons. The third kappa shape index (κ3) is 3.96. The maximum Gasteiger partial charge on any atom is 0.334 e. The van der Waals surface area contributed by atoms with E-state index in [1.165, 1.54) is 32.9 Å². The van der Waals surface area contributed by atoms with Crippen molar-refractivity contribution in [2.75, 3.05) is 0 Å². The zero-order valence-corrected chi connectivity index (χ0v) is 18.8. The van der Waals surface area contributed by atoms with Crippen LogP contribution < -0.4 is 11.2 Å². The van der Waals surface area contributed by atoms with Gasteiger partial charge in [-0.05, 0) is 68.2 Å². The van der Waals surface area contributed by atoms with Crippen LogP contribution in [0.1, 0.15) is 99.4 Å². The Hall–Kier alpha value is -2.63. The van der Waals surface area contributed by atoms with Gasteiger partial charge in [-0.1, -0.05) is 44.6 Å². The molecule has 0 saturated heterocycles. The zero-order chi connectivity index (χ0) is 22.1. The van der Waals surface area contributed by atoms with Crippen molar-refractivity contribution >= 4 is 11.9 Å². The lowest BCUT2D eigenvalue weighted by molar-refractivity contribution is 0.271. The number of aryl methyl sites for hydroxylation is 2. The lowest BCUT2D eigenvalue weighted by Gasteiger charge is -2.29. The second kappa shape index (κ2) is 9.08. The van der Waals surface area contributed by atoms with Crippen LogP contribution in [0.3, 0.4) is 0 Å². The van der Waals surface area contributed by atoms with Gasteiger partial charge in [0.25, 0.3) is 5.56 Å². The molecule has 1 N–H and O–H groups in total. The molecule has 0 aliphatic heterocycles. The van der Waals surface area contributed by atoms with Crippen LogP contribution >= 0.6 is 0 Å². The monoisotopic (exact) mass is 435 g/mol. The second-order valence-corrected chi connectivity index (χ2v) is 9.71.